The molecule has 2 aromatic rings. The van der Waals surface area contributed by atoms with Crippen molar-refractivity contribution in [3.63, 3.8) is 0 Å². The van der Waals surface area contributed by atoms with Crippen LogP contribution >= 0.6 is 11.6 Å². The van der Waals surface area contributed by atoms with Crippen LogP contribution < -0.4 is 0 Å². The molecule has 0 saturated heterocycles. The molecule has 0 bridgehead atoms. The van der Waals surface area contributed by atoms with Gasteiger partial charge in [-0.05, 0) is 23.8 Å². The van der Waals surface area contributed by atoms with Crippen LogP contribution in [0.3, 0.4) is 0 Å². The third-order valence-corrected chi connectivity index (χ3v) is 2.86. The van der Waals surface area contributed by atoms with Crippen LogP contribution in [0.5, 0.6) is 0 Å². The summed E-state index contributed by atoms with van der Waals surface area (Å²) in [5.74, 6) is 0. The van der Waals surface area contributed by atoms with E-state index in [9.17, 15) is 13.2 Å². The van der Waals surface area contributed by atoms with Gasteiger partial charge in [0.2, 0.25) is 0 Å². The van der Waals surface area contributed by atoms with Crippen LogP contribution in [0, 0.1) is 11.3 Å². The highest BCUT2D eigenvalue weighted by atomic mass is 35.5. The van der Waals surface area contributed by atoms with E-state index in [1.54, 1.807) is 0 Å². The van der Waals surface area contributed by atoms with Gasteiger partial charge in [-0.2, -0.15) is 18.4 Å². The SMILES string of the molecule is N#Cc1cc(Cl)ccc1-c1ccccc1C(F)(F)F. The lowest BCUT2D eigenvalue weighted by atomic mass is 9.95. The molecular weight excluding hydrogens is 275 g/mol. The van der Waals surface area contributed by atoms with E-state index in [4.69, 9.17) is 16.9 Å². The van der Waals surface area contributed by atoms with Gasteiger partial charge in [-0.3, -0.25) is 0 Å². The van der Waals surface area contributed by atoms with E-state index >= 15 is 0 Å². The highest BCUT2D eigenvalue weighted by molar-refractivity contribution is 6.30. The number of hydrogen-bond acceptors (Lipinski definition) is 1. The molecule has 0 unspecified atom stereocenters. The molecular formula is C14H7ClF3N. The molecule has 0 spiro atoms. The first-order chi connectivity index (χ1) is 8.93. The minimum atomic E-state index is -4.47. The van der Waals surface area contributed by atoms with Crippen molar-refractivity contribution in [2.45, 2.75) is 6.18 Å². The lowest BCUT2D eigenvalue weighted by Crippen LogP contribution is -2.07. The predicted molar refractivity (Wildman–Crippen MR) is 66.6 cm³/mol. The van der Waals surface area contributed by atoms with E-state index < -0.39 is 11.7 Å². The molecule has 0 saturated carbocycles. The van der Waals surface area contributed by atoms with Gasteiger partial charge >= 0.3 is 6.18 Å². The smallest absolute Gasteiger partial charge is 0.192 e. The fraction of sp³-hybridized carbons (Fsp3) is 0.0714. The molecule has 0 fully saturated rings. The van der Waals surface area contributed by atoms with E-state index in [2.05, 4.69) is 0 Å². The second-order valence-electron chi connectivity index (χ2n) is 3.85. The van der Waals surface area contributed by atoms with Crippen molar-refractivity contribution in [2.75, 3.05) is 0 Å². The van der Waals surface area contributed by atoms with Crippen LogP contribution in [0.4, 0.5) is 13.2 Å². The second-order valence-corrected chi connectivity index (χ2v) is 4.28. The van der Waals surface area contributed by atoms with Crippen LogP contribution in [-0.4, -0.2) is 0 Å². The largest absolute Gasteiger partial charge is 0.417 e. The van der Waals surface area contributed by atoms with Gasteiger partial charge < -0.3 is 0 Å². The molecule has 0 aliphatic heterocycles. The van der Waals surface area contributed by atoms with Crippen LogP contribution in [0.1, 0.15) is 11.1 Å². The quantitative estimate of drug-likeness (QED) is 0.729. The molecule has 0 radical (unpaired) electrons. The van der Waals surface area contributed by atoms with Crippen molar-refractivity contribution in [3.05, 3.63) is 58.6 Å². The fourth-order valence-electron chi connectivity index (χ4n) is 1.81. The maximum atomic E-state index is 12.9. The normalized spacial score (nSPS) is 11.1. The molecule has 96 valence electrons. The number of nitriles is 1. The van der Waals surface area contributed by atoms with Crippen LogP contribution in [-0.2, 0) is 6.18 Å². The number of rotatable bonds is 1. The van der Waals surface area contributed by atoms with Gasteiger partial charge in [-0.1, -0.05) is 35.9 Å². The Morgan fingerprint density at radius 3 is 2.32 bits per heavy atom. The Balaban J connectivity index is 2.71. The van der Waals surface area contributed by atoms with Crippen LogP contribution in [0.15, 0.2) is 42.5 Å². The van der Waals surface area contributed by atoms with Gasteiger partial charge in [0.1, 0.15) is 0 Å². The third kappa shape index (κ3) is 2.72. The molecule has 0 aliphatic carbocycles. The van der Waals surface area contributed by atoms with E-state index in [-0.39, 0.29) is 16.7 Å². The molecule has 0 aromatic heterocycles. The fourth-order valence-corrected chi connectivity index (χ4v) is 1.98. The Morgan fingerprint density at radius 1 is 1.00 bits per heavy atom. The zero-order valence-electron chi connectivity index (χ0n) is 9.50. The van der Waals surface area contributed by atoms with Gasteiger partial charge in [0.15, 0.2) is 0 Å². The average Bonchev–Trinajstić information content (AvgIpc) is 2.37. The molecule has 0 aliphatic rings. The summed E-state index contributed by atoms with van der Waals surface area (Å²) in [5, 5.41) is 9.32. The highest BCUT2D eigenvalue weighted by Gasteiger charge is 2.33. The molecule has 2 rings (SSSR count). The lowest BCUT2D eigenvalue weighted by Gasteiger charge is -2.13. The van der Waals surface area contributed by atoms with E-state index in [1.165, 1.54) is 36.4 Å². The first kappa shape index (κ1) is 13.4. The molecule has 5 heteroatoms. The Bertz CT molecular complexity index is 656. The van der Waals surface area contributed by atoms with Crippen LogP contribution in [0.25, 0.3) is 11.1 Å². The van der Waals surface area contributed by atoms with Crippen molar-refractivity contribution in [1.29, 1.82) is 5.26 Å². The molecule has 19 heavy (non-hydrogen) atoms. The van der Waals surface area contributed by atoms with Crippen LogP contribution in [0.2, 0.25) is 5.02 Å². The topological polar surface area (TPSA) is 23.8 Å². The zero-order valence-corrected chi connectivity index (χ0v) is 10.3. The summed E-state index contributed by atoms with van der Waals surface area (Å²) >= 11 is 5.74. The minimum absolute atomic E-state index is 0.0248. The lowest BCUT2D eigenvalue weighted by molar-refractivity contribution is -0.137. The highest BCUT2D eigenvalue weighted by Crippen LogP contribution is 2.38. The van der Waals surface area contributed by atoms with Gasteiger partial charge in [-0.25, -0.2) is 0 Å². The molecule has 0 N–H and O–H groups in total. The summed E-state index contributed by atoms with van der Waals surface area (Å²) in [7, 11) is 0. The average molecular weight is 282 g/mol. The second kappa shape index (κ2) is 4.94. The predicted octanol–water partition coefficient (Wildman–Crippen LogP) is 4.90. The monoisotopic (exact) mass is 281 g/mol. The summed E-state index contributed by atoms with van der Waals surface area (Å²) in [4.78, 5) is 0. The summed E-state index contributed by atoms with van der Waals surface area (Å²) in [6.07, 6.45) is -4.47. The Hall–Kier alpha value is -1.99. The van der Waals surface area contributed by atoms with Gasteiger partial charge in [-0.15, -0.1) is 0 Å². The molecule has 1 nitrogen and oxygen atoms in total. The Labute approximate surface area is 112 Å². The molecule has 0 heterocycles. The summed E-state index contributed by atoms with van der Waals surface area (Å²) in [6, 6.07) is 11.2. The number of nitrogens with zero attached hydrogens (tertiary/aromatic N) is 1. The Morgan fingerprint density at radius 2 is 1.68 bits per heavy atom. The number of benzene rings is 2. The van der Waals surface area contributed by atoms with Gasteiger partial charge in [0, 0.05) is 10.6 Å². The van der Waals surface area contributed by atoms with Crippen molar-refractivity contribution >= 4 is 11.6 Å². The van der Waals surface area contributed by atoms with Crippen molar-refractivity contribution in [3.8, 4) is 17.2 Å². The van der Waals surface area contributed by atoms with Gasteiger partial charge in [0.05, 0.1) is 17.2 Å². The first-order valence-electron chi connectivity index (χ1n) is 5.29. The first-order valence-corrected chi connectivity index (χ1v) is 5.67. The molecule has 2 aromatic carbocycles. The van der Waals surface area contributed by atoms with Crippen molar-refractivity contribution < 1.29 is 13.2 Å². The number of hydrogen-bond donors (Lipinski definition) is 0. The number of halogens is 4. The standard InChI is InChI=1S/C14H7ClF3N/c15-10-5-6-11(9(7-10)8-19)12-3-1-2-4-13(12)14(16,17)18/h1-7H. The number of alkyl halides is 3. The molecule has 0 amide bonds. The third-order valence-electron chi connectivity index (χ3n) is 2.62. The summed E-state index contributed by atoms with van der Waals surface area (Å²) < 4.78 is 38.8. The summed E-state index contributed by atoms with van der Waals surface area (Å²) in [6.45, 7) is 0. The summed E-state index contributed by atoms with van der Waals surface area (Å²) in [5.41, 5.74) is -0.457. The van der Waals surface area contributed by atoms with E-state index in [1.807, 2.05) is 6.07 Å². The minimum Gasteiger partial charge on any atom is -0.192 e. The maximum Gasteiger partial charge on any atom is 0.417 e. The van der Waals surface area contributed by atoms with E-state index in [0.29, 0.717) is 5.02 Å². The maximum absolute atomic E-state index is 12.9. The zero-order chi connectivity index (χ0) is 14.0. The van der Waals surface area contributed by atoms with E-state index in [0.717, 1.165) is 6.07 Å². The van der Waals surface area contributed by atoms with Crippen molar-refractivity contribution in [1.82, 2.24) is 0 Å². The molecule has 0 atom stereocenters. The van der Waals surface area contributed by atoms with Gasteiger partial charge in [0.25, 0.3) is 0 Å². The Kier molecular flexibility index (Phi) is 3.50. The van der Waals surface area contributed by atoms with Crippen molar-refractivity contribution in [2.24, 2.45) is 0 Å².